The highest BCUT2D eigenvalue weighted by molar-refractivity contribution is 7.71. The van der Waals surface area contributed by atoms with E-state index in [4.69, 9.17) is 18.0 Å². The fraction of sp³-hybridized carbons (Fsp3) is 0.400. The molecule has 0 atom stereocenters. The minimum absolute atomic E-state index is 0.298. The number of imidazole rings is 1. The van der Waals surface area contributed by atoms with E-state index in [1.54, 1.807) is 6.20 Å². The molecule has 2 aromatic heterocycles. The second-order valence-corrected chi connectivity index (χ2v) is 4.15. The summed E-state index contributed by atoms with van der Waals surface area (Å²) in [4.78, 5) is 7.50. The summed E-state index contributed by atoms with van der Waals surface area (Å²) in [7, 11) is 0. The molecule has 80 valence electrons. The summed E-state index contributed by atoms with van der Waals surface area (Å²) >= 11 is 5.26. The molecule has 0 bridgehead atoms. The van der Waals surface area contributed by atoms with Crippen molar-refractivity contribution in [2.75, 3.05) is 0 Å². The number of aromatic nitrogens is 3. The Morgan fingerprint density at radius 2 is 2.33 bits per heavy atom. The Bertz CT molecular complexity index is 538. The van der Waals surface area contributed by atoms with Crippen LogP contribution in [0.2, 0.25) is 0 Å². The summed E-state index contributed by atoms with van der Waals surface area (Å²) in [5, 5.41) is 0. The van der Waals surface area contributed by atoms with Crippen LogP contribution in [0.25, 0.3) is 11.2 Å². The molecule has 0 spiro atoms. The molecule has 2 rings (SSSR count). The van der Waals surface area contributed by atoms with E-state index in [1.165, 1.54) is 0 Å². The van der Waals surface area contributed by atoms with Crippen LogP contribution in [0.1, 0.15) is 25.5 Å². The van der Waals surface area contributed by atoms with Crippen LogP contribution in [-0.2, 0) is 6.54 Å². The van der Waals surface area contributed by atoms with Crippen molar-refractivity contribution < 1.29 is 0 Å². The molecule has 0 aliphatic rings. The first-order valence-corrected chi connectivity index (χ1v) is 5.34. The van der Waals surface area contributed by atoms with Crippen molar-refractivity contribution in [1.29, 1.82) is 0 Å². The summed E-state index contributed by atoms with van der Waals surface area (Å²) in [6, 6.07) is 2.21. The number of hydrogen-bond donors (Lipinski definition) is 2. The highest BCUT2D eigenvalue weighted by Crippen LogP contribution is 2.19. The molecule has 3 N–H and O–H groups in total. The fourth-order valence-corrected chi connectivity index (χ4v) is 2.12. The number of pyridine rings is 1. The molecule has 0 amide bonds. The number of hydrogen-bond acceptors (Lipinski definition) is 3. The molecule has 0 saturated carbocycles. The lowest BCUT2D eigenvalue weighted by Gasteiger charge is -2.07. The van der Waals surface area contributed by atoms with Crippen LogP contribution in [0, 0.1) is 4.77 Å². The van der Waals surface area contributed by atoms with Gasteiger partial charge in [-0.2, -0.15) is 0 Å². The maximum absolute atomic E-state index is 5.66. The number of aromatic amines is 1. The van der Waals surface area contributed by atoms with Crippen molar-refractivity contribution in [3.8, 4) is 0 Å². The zero-order chi connectivity index (χ0) is 11.0. The maximum Gasteiger partial charge on any atom is 0.179 e. The molecule has 15 heavy (non-hydrogen) atoms. The Morgan fingerprint density at radius 1 is 1.60 bits per heavy atom. The van der Waals surface area contributed by atoms with Gasteiger partial charge >= 0.3 is 0 Å². The maximum atomic E-state index is 5.66. The normalized spacial score (nSPS) is 11.5. The first kappa shape index (κ1) is 10.3. The minimum atomic E-state index is 0.298. The molecule has 0 aliphatic heterocycles. The first-order chi connectivity index (χ1) is 7.15. The van der Waals surface area contributed by atoms with E-state index in [0.29, 0.717) is 17.4 Å². The zero-order valence-corrected chi connectivity index (χ0v) is 9.64. The van der Waals surface area contributed by atoms with E-state index >= 15 is 0 Å². The molecule has 0 aliphatic carbocycles. The number of rotatable bonds is 2. The topological polar surface area (TPSA) is 59.6 Å². The van der Waals surface area contributed by atoms with Crippen molar-refractivity contribution in [2.24, 2.45) is 5.73 Å². The van der Waals surface area contributed by atoms with Gasteiger partial charge in [-0.3, -0.25) is 4.57 Å². The lowest BCUT2D eigenvalue weighted by Crippen LogP contribution is -2.02. The number of nitrogens with zero attached hydrogens (tertiary/aromatic N) is 2. The number of nitrogens with one attached hydrogen (secondary N) is 1. The first-order valence-electron chi connectivity index (χ1n) is 4.93. The fourth-order valence-electron chi connectivity index (χ4n) is 1.72. The minimum Gasteiger partial charge on any atom is -0.329 e. The molecule has 4 nitrogen and oxygen atoms in total. The average molecular weight is 222 g/mol. The van der Waals surface area contributed by atoms with Crippen LogP contribution in [0.3, 0.4) is 0 Å². The van der Waals surface area contributed by atoms with Gasteiger partial charge in [0.25, 0.3) is 0 Å². The molecule has 0 aromatic carbocycles. The van der Waals surface area contributed by atoms with Gasteiger partial charge in [-0.1, -0.05) is 0 Å². The summed E-state index contributed by atoms with van der Waals surface area (Å²) in [6.45, 7) is 4.66. The third-order valence-electron chi connectivity index (χ3n) is 2.43. The highest BCUT2D eigenvalue weighted by atomic mass is 32.1. The number of nitrogens with two attached hydrogens (primary N) is 1. The highest BCUT2D eigenvalue weighted by Gasteiger charge is 2.10. The van der Waals surface area contributed by atoms with Gasteiger partial charge in [-0.25, -0.2) is 4.98 Å². The molecule has 2 aromatic rings. The Morgan fingerprint density at radius 3 is 2.93 bits per heavy atom. The van der Waals surface area contributed by atoms with Crippen LogP contribution in [-0.4, -0.2) is 14.5 Å². The van der Waals surface area contributed by atoms with E-state index in [-0.39, 0.29) is 0 Å². The summed E-state index contributed by atoms with van der Waals surface area (Å²) in [5.74, 6) is 0. The lowest BCUT2D eigenvalue weighted by molar-refractivity contribution is 0.605. The molecule has 0 saturated heterocycles. The molecule has 0 unspecified atom stereocenters. The van der Waals surface area contributed by atoms with E-state index in [1.807, 2.05) is 10.6 Å². The van der Waals surface area contributed by atoms with Gasteiger partial charge in [-0.05, 0) is 37.7 Å². The Hall–Kier alpha value is -1.20. The second-order valence-electron chi connectivity index (χ2n) is 3.77. The third-order valence-corrected chi connectivity index (χ3v) is 2.73. The number of H-pyrrole nitrogens is 1. The van der Waals surface area contributed by atoms with E-state index in [0.717, 1.165) is 16.7 Å². The van der Waals surface area contributed by atoms with Gasteiger partial charge < -0.3 is 10.7 Å². The average Bonchev–Trinajstić information content (AvgIpc) is 2.53. The molecular weight excluding hydrogens is 208 g/mol. The second kappa shape index (κ2) is 3.75. The lowest BCUT2D eigenvalue weighted by atomic mass is 10.2. The molecular formula is C10H14N4S. The van der Waals surface area contributed by atoms with Gasteiger partial charge in [0, 0.05) is 18.8 Å². The van der Waals surface area contributed by atoms with Gasteiger partial charge in [0.2, 0.25) is 0 Å². The van der Waals surface area contributed by atoms with E-state index in [2.05, 4.69) is 23.8 Å². The van der Waals surface area contributed by atoms with Crippen LogP contribution in [0.15, 0.2) is 12.3 Å². The molecule has 5 heteroatoms. The van der Waals surface area contributed by atoms with Gasteiger partial charge in [-0.15, -0.1) is 0 Å². The quantitative estimate of drug-likeness (QED) is 0.765. The van der Waals surface area contributed by atoms with Crippen molar-refractivity contribution in [3.05, 3.63) is 22.6 Å². The van der Waals surface area contributed by atoms with Gasteiger partial charge in [0.1, 0.15) is 0 Å². The molecule has 0 fully saturated rings. The summed E-state index contributed by atoms with van der Waals surface area (Å²) in [6.07, 6.45) is 1.77. The summed E-state index contributed by atoms with van der Waals surface area (Å²) in [5.41, 5.74) is 8.55. The Kier molecular flexibility index (Phi) is 2.58. The molecule has 0 radical (unpaired) electrons. The van der Waals surface area contributed by atoms with E-state index in [9.17, 15) is 0 Å². The van der Waals surface area contributed by atoms with Crippen molar-refractivity contribution in [1.82, 2.24) is 14.5 Å². The Labute approximate surface area is 93.1 Å². The monoisotopic (exact) mass is 222 g/mol. The van der Waals surface area contributed by atoms with Crippen LogP contribution in [0.4, 0.5) is 0 Å². The predicted molar refractivity (Wildman–Crippen MR) is 63.2 cm³/mol. The smallest absolute Gasteiger partial charge is 0.179 e. The zero-order valence-electron chi connectivity index (χ0n) is 8.82. The van der Waals surface area contributed by atoms with Gasteiger partial charge in [0.15, 0.2) is 10.4 Å². The standard InChI is InChI=1S/C10H14N4S/c1-6(2)14-9-8(13-10(14)15)7(5-11)3-4-12-9/h3-4,6H,5,11H2,1-2H3,(H,13,15). The van der Waals surface area contributed by atoms with Crippen molar-refractivity contribution in [2.45, 2.75) is 26.4 Å². The Balaban J connectivity index is 2.84. The summed E-state index contributed by atoms with van der Waals surface area (Å²) < 4.78 is 2.71. The third kappa shape index (κ3) is 1.57. The SMILES string of the molecule is CC(C)n1c(=S)[nH]c2c(CN)ccnc21. The van der Waals surface area contributed by atoms with E-state index < -0.39 is 0 Å². The van der Waals surface area contributed by atoms with Crippen molar-refractivity contribution >= 4 is 23.4 Å². The largest absolute Gasteiger partial charge is 0.329 e. The predicted octanol–water partition coefficient (Wildman–Crippen LogP) is 2.13. The van der Waals surface area contributed by atoms with Crippen LogP contribution < -0.4 is 5.73 Å². The van der Waals surface area contributed by atoms with Crippen molar-refractivity contribution in [3.63, 3.8) is 0 Å². The van der Waals surface area contributed by atoms with Gasteiger partial charge in [0.05, 0.1) is 5.52 Å². The number of fused-ring (bicyclic) bond motifs is 1. The molecule has 2 heterocycles. The van der Waals surface area contributed by atoms with Crippen LogP contribution >= 0.6 is 12.2 Å². The van der Waals surface area contributed by atoms with Crippen LogP contribution in [0.5, 0.6) is 0 Å².